The first-order chi connectivity index (χ1) is 18.5. The highest BCUT2D eigenvalue weighted by Crippen LogP contribution is 2.32. The van der Waals surface area contributed by atoms with Gasteiger partial charge >= 0.3 is 11.7 Å². The molecule has 0 bridgehead atoms. The van der Waals surface area contributed by atoms with Gasteiger partial charge in [0.05, 0.1) is 23.2 Å². The molecule has 2 aliphatic carbocycles. The summed E-state index contributed by atoms with van der Waals surface area (Å²) in [5, 5.41) is 3.60. The molecule has 1 atom stereocenters. The summed E-state index contributed by atoms with van der Waals surface area (Å²) in [4.78, 5) is 42.0. The molecule has 1 saturated heterocycles. The number of benzene rings is 1. The van der Waals surface area contributed by atoms with E-state index in [1.165, 1.54) is 17.1 Å². The van der Waals surface area contributed by atoms with Crippen LogP contribution in [0.25, 0.3) is 10.9 Å². The minimum Gasteiger partial charge on any atom is -0.465 e. The number of likely N-dealkylation sites (tertiary alicyclic amines) is 1. The minimum absolute atomic E-state index is 0.00731. The zero-order valence-corrected chi connectivity index (χ0v) is 22.6. The molecule has 2 saturated carbocycles. The number of hydrogen-bond acceptors (Lipinski definition) is 6. The lowest BCUT2D eigenvalue weighted by Crippen LogP contribution is -2.49. The number of aromatic nitrogens is 2. The van der Waals surface area contributed by atoms with Crippen molar-refractivity contribution in [2.24, 2.45) is 0 Å². The first-order valence-electron chi connectivity index (χ1n) is 14.6. The molecule has 1 unspecified atom stereocenters. The number of esters is 1. The van der Waals surface area contributed by atoms with Gasteiger partial charge in [-0.1, -0.05) is 38.5 Å². The number of fused-ring (bicyclic) bond motifs is 1. The van der Waals surface area contributed by atoms with Gasteiger partial charge in [0, 0.05) is 25.2 Å². The maximum absolute atomic E-state index is 15.3. The molecule has 9 heteroatoms. The third-order valence-electron chi connectivity index (χ3n) is 8.70. The molecule has 208 valence electrons. The number of hydrogen-bond donors (Lipinski definition) is 1. The van der Waals surface area contributed by atoms with Crippen molar-refractivity contribution < 1.29 is 13.9 Å². The number of nitrogens with one attached hydrogen (secondary N) is 1. The van der Waals surface area contributed by atoms with Crippen LogP contribution >= 0.6 is 0 Å². The topological polar surface area (TPSA) is 85.6 Å². The number of carbonyl (C=O) groups is 1. The highest BCUT2D eigenvalue weighted by molar-refractivity contribution is 5.82. The van der Waals surface area contributed by atoms with Crippen LogP contribution in [-0.4, -0.2) is 51.8 Å². The van der Waals surface area contributed by atoms with Crippen molar-refractivity contribution in [3.8, 4) is 0 Å². The van der Waals surface area contributed by atoms with Crippen molar-refractivity contribution >= 4 is 22.6 Å². The lowest BCUT2D eigenvalue weighted by Gasteiger charge is -2.34. The summed E-state index contributed by atoms with van der Waals surface area (Å²) in [5.41, 5.74) is 0.0879. The summed E-state index contributed by atoms with van der Waals surface area (Å²) >= 11 is 0. The summed E-state index contributed by atoms with van der Waals surface area (Å²) in [7, 11) is 0. The Morgan fingerprint density at radius 2 is 1.68 bits per heavy atom. The first kappa shape index (κ1) is 26.9. The van der Waals surface area contributed by atoms with Crippen molar-refractivity contribution in [3.05, 3.63) is 38.8 Å². The lowest BCUT2D eigenvalue weighted by atomic mass is 9.95. The van der Waals surface area contributed by atoms with Crippen LogP contribution in [0.5, 0.6) is 0 Å². The smallest absolute Gasteiger partial charge is 0.331 e. The summed E-state index contributed by atoms with van der Waals surface area (Å²) in [6.07, 6.45) is 11.9. The zero-order valence-electron chi connectivity index (χ0n) is 22.6. The second-order valence-corrected chi connectivity index (χ2v) is 11.2. The van der Waals surface area contributed by atoms with E-state index >= 15 is 4.39 Å². The molecule has 0 amide bonds. The minimum atomic E-state index is -0.466. The highest BCUT2D eigenvalue weighted by Gasteiger charge is 2.30. The fourth-order valence-corrected chi connectivity index (χ4v) is 6.68. The van der Waals surface area contributed by atoms with Crippen LogP contribution in [0.15, 0.2) is 21.7 Å². The van der Waals surface area contributed by atoms with E-state index in [9.17, 15) is 14.4 Å². The van der Waals surface area contributed by atoms with E-state index in [-0.39, 0.29) is 41.7 Å². The number of nitrogens with zero attached hydrogens (tertiary/aromatic N) is 3. The van der Waals surface area contributed by atoms with Crippen LogP contribution in [-0.2, 0) is 16.1 Å². The van der Waals surface area contributed by atoms with Gasteiger partial charge < -0.3 is 10.1 Å². The third-order valence-corrected chi connectivity index (χ3v) is 8.70. The molecular formula is C29H41FN4O4. The number of halogens is 1. The molecule has 1 N–H and O–H groups in total. The van der Waals surface area contributed by atoms with Crippen LogP contribution in [0, 0.1) is 5.82 Å². The van der Waals surface area contributed by atoms with Gasteiger partial charge in [0.2, 0.25) is 0 Å². The molecular weight excluding hydrogens is 487 g/mol. The Labute approximate surface area is 223 Å². The van der Waals surface area contributed by atoms with Crippen LogP contribution in [0.3, 0.4) is 0 Å². The molecule has 2 heterocycles. The third kappa shape index (κ3) is 5.53. The molecule has 1 aliphatic heterocycles. The van der Waals surface area contributed by atoms with E-state index in [2.05, 4.69) is 5.32 Å². The van der Waals surface area contributed by atoms with Crippen LogP contribution in [0.4, 0.5) is 10.1 Å². The predicted octanol–water partition coefficient (Wildman–Crippen LogP) is 4.58. The average molecular weight is 529 g/mol. The Balaban J connectivity index is 1.50. The van der Waals surface area contributed by atoms with Gasteiger partial charge in [-0.25, -0.2) is 9.18 Å². The summed E-state index contributed by atoms with van der Waals surface area (Å²) < 4.78 is 23.6. The molecule has 0 spiro atoms. The second kappa shape index (κ2) is 12.0. The predicted molar refractivity (Wildman–Crippen MR) is 146 cm³/mol. The molecule has 1 aromatic carbocycles. The monoisotopic (exact) mass is 528 g/mol. The summed E-state index contributed by atoms with van der Waals surface area (Å²) in [6.45, 7) is 3.37. The van der Waals surface area contributed by atoms with E-state index < -0.39 is 11.4 Å². The Kier molecular flexibility index (Phi) is 8.51. The van der Waals surface area contributed by atoms with Crippen molar-refractivity contribution in [3.63, 3.8) is 0 Å². The number of ether oxygens (including phenoxy) is 1. The fraction of sp³-hybridized carbons (Fsp3) is 0.690. The van der Waals surface area contributed by atoms with Gasteiger partial charge in [0.15, 0.2) is 0 Å². The Morgan fingerprint density at radius 1 is 0.974 bits per heavy atom. The van der Waals surface area contributed by atoms with E-state index in [0.717, 1.165) is 64.2 Å². The van der Waals surface area contributed by atoms with E-state index in [0.29, 0.717) is 37.3 Å². The maximum Gasteiger partial charge on any atom is 0.331 e. The highest BCUT2D eigenvalue weighted by atomic mass is 19.1. The van der Waals surface area contributed by atoms with Gasteiger partial charge in [0.25, 0.3) is 5.56 Å². The van der Waals surface area contributed by atoms with Crippen molar-refractivity contribution in [2.45, 2.75) is 109 Å². The normalized spacial score (nSPS) is 21.7. The fourth-order valence-electron chi connectivity index (χ4n) is 6.68. The van der Waals surface area contributed by atoms with Crippen molar-refractivity contribution in [2.75, 3.05) is 25.0 Å². The van der Waals surface area contributed by atoms with Crippen LogP contribution in [0.1, 0.15) is 90.0 Å². The molecule has 8 nitrogen and oxygen atoms in total. The Morgan fingerprint density at radius 3 is 2.42 bits per heavy atom. The van der Waals surface area contributed by atoms with Crippen molar-refractivity contribution in [1.29, 1.82) is 0 Å². The van der Waals surface area contributed by atoms with Gasteiger partial charge in [-0.2, -0.15) is 0 Å². The largest absolute Gasteiger partial charge is 0.465 e. The van der Waals surface area contributed by atoms with E-state index in [1.54, 1.807) is 17.6 Å². The molecule has 3 fully saturated rings. The molecule has 38 heavy (non-hydrogen) atoms. The second-order valence-electron chi connectivity index (χ2n) is 11.2. The molecule has 3 aliphatic rings. The van der Waals surface area contributed by atoms with Crippen molar-refractivity contribution in [1.82, 2.24) is 14.0 Å². The first-order valence-corrected chi connectivity index (χ1v) is 14.6. The van der Waals surface area contributed by atoms with Gasteiger partial charge in [-0.05, 0) is 64.1 Å². The standard InChI is InChI=1S/C29H41FN4O4/c1-2-38-28(36)25-14-8-9-15-32(25)16-17-33-27(35)22-18-23(30)24(31-20-10-4-3-5-11-20)19-26(22)34(29(33)37)21-12-6-7-13-21/h18-21,25,31H,2-17H2,1H3. The van der Waals surface area contributed by atoms with Gasteiger partial charge in [-0.15, -0.1) is 0 Å². The molecule has 0 radical (unpaired) electrons. The maximum atomic E-state index is 15.3. The summed E-state index contributed by atoms with van der Waals surface area (Å²) in [6, 6.07) is 2.84. The van der Waals surface area contributed by atoms with Crippen LogP contribution < -0.4 is 16.6 Å². The van der Waals surface area contributed by atoms with E-state index in [4.69, 9.17) is 4.74 Å². The Hall–Kier alpha value is -2.68. The number of piperidine rings is 1. The SMILES string of the molecule is CCOC(=O)C1CCCCN1CCn1c(=O)c2cc(F)c(NC3CCCCC3)cc2n(C2CCCC2)c1=O. The van der Waals surface area contributed by atoms with Gasteiger partial charge in [0.1, 0.15) is 11.9 Å². The van der Waals surface area contributed by atoms with Gasteiger partial charge in [-0.3, -0.25) is 23.6 Å². The van der Waals surface area contributed by atoms with Crippen LogP contribution in [0.2, 0.25) is 0 Å². The summed E-state index contributed by atoms with van der Waals surface area (Å²) in [5.74, 6) is -0.705. The number of rotatable bonds is 8. The molecule has 2 aromatic rings. The molecule has 1 aromatic heterocycles. The molecule has 5 rings (SSSR count). The lowest BCUT2D eigenvalue weighted by molar-refractivity contribution is -0.151. The zero-order chi connectivity index (χ0) is 26.6. The quantitative estimate of drug-likeness (QED) is 0.505. The number of anilines is 1. The average Bonchev–Trinajstić information content (AvgIpc) is 3.45. The van der Waals surface area contributed by atoms with E-state index in [1.807, 2.05) is 4.90 Å². The number of carbonyl (C=O) groups excluding carboxylic acids is 1. The Bertz CT molecular complexity index is 1260.